The van der Waals surface area contributed by atoms with Gasteiger partial charge in [0.15, 0.2) is 5.11 Å². The zero-order valence-electron chi connectivity index (χ0n) is 15.7. The van der Waals surface area contributed by atoms with E-state index in [2.05, 4.69) is 27.2 Å². The Morgan fingerprint density at radius 1 is 1.18 bits per heavy atom. The summed E-state index contributed by atoms with van der Waals surface area (Å²) in [4.78, 5) is 15.9. The number of carbonyl (C=O) groups excluding carboxylic acids is 1. The number of hydrogen-bond acceptors (Lipinski definition) is 4. The first-order valence-corrected chi connectivity index (χ1v) is 9.58. The molecule has 0 spiro atoms. The van der Waals surface area contributed by atoms with Crippen molar-refractivity contribution < 1.29 is 22.7 Å². The molecular formula is C18H25F3N4O2S. The number of thiocarbonyl (C=S) groups is 1. The first kappa shape index (κ1) is 22.2. The second-order valence-electron chi connectivity index (χ2n) is 6.47. The fraction of sp³-hybridized carbons (Fsp3) is 0.556. The number of nitrogens with zero attached hydrogens (tertiary/aromatic N) is 2. The molecule has 1 fully saturated rings. The van der Waals surface area contributed by atoms with Crippen molar-refractivity contribution in [3.63, 3.8) is 0 Å². The maximum absolute atomic E-state index is 12.2. The molecule has 2 rings (SSSR count). The number of alkyl halides is 3. The Balaban J connectivity index is 1.74. The molecule has 0 radical (unpaired) electrons. The van der Waals surface area contributed by atoms with Gasteiger partial charge in [-0.15, -0.1) is 13.2 Å². The molecule has 0 aromatic heterocycles. The van der Waals surface area contributed by atoms with Crippen molar-refractivity contribution in [3.05, 3.63) is 24.3 Å². The van der Waals surface area contributed by atoms with Crippen LogP contribution in [0.4, 0.5) is 18.9 Å². The summed E-state index contributed by atoms with van der Waals surface area (Å²) >= 11 is 5.38. The van der Waals surface area contributed by atoms with Gasteiger partial charge < -0.3 is 20.3 Å². The number of anilines is 1. The number of unbranched alkanes of at least 4 members (excludes halogenated alkanes) is 1. The number of halogens is 3. The number of nitrogens with one attached hydrogen (secondary N) is 2. The highest BCUT2D eigenvalue weighted by molar-refractivity contribution is 7.80. The van der Waals surface area contributed by atoms with Crippen LogP contribution < -0.4 is 15.4 Å². The van der Waals surface area contributed by atoms with Gasteiger partial charge in [0.2, 0.25) is 5.91 Å². The Bertz CT molecular complexity index is 647. The van der Waals surface area contributed by atoms with Crippen molar-refractivity contribution in [3.8, 4) is 5.75 Å². The monoisotopic (exact) mass is 418 g/mol. The van der Waals surface area contributed by atoms with Gasteiger partial charge >= 0.3 is 6.36 Å². The van der Waals surface area contributed by atoms with E-state index in [1.807, 2.05) is 4.90 Å². The molecule has 0 unspecified atom stereocenters. The lowest BCUT2D eigenvalue weighted by Crippen LogP contribution is -2.52. The zero-order valence-corrected chi connectivity index (χ0v) is 16.5. The van der Waals surface area contributed by atoms with Crippen LogP contribution in [0.1, 0.15) is 19.8 Å². The van der Waals surface area contributed by atoms with Crippen LogP contribution in [0.5, 0.6) is 5.75 Å². The number of carbonyl (C=O) groups is 1. The second-order valence-corrected chi connectivity index (χ2v) is 6.86. The number of benzene rings is 1. The Kier molecular flexibility index (Phi) is 8.31. The normalized spacial score (nSPS) is 15.2. The molecule has 0 bridgehead atoms. The predicted octanol–water partition coefficient (Wildman–Crippen LogP) is 2.82. The van der Waals surface area contributed by atoms with Gasteiger partial charge in [-0.3, -0.25) is 9.69 Å². The topological polar surface area (TPSA) is 56.8 Å². The summed E-state index contributed by atoms with van der Waals surface area (Å²) < 4.78 is 40.4. The Morgan fingerprint density at radius 2 is 1.82 bits per heavy atom. The highest BCUT2D eigenvalue weighted by atomic mass is 32.1. The number of ether oxygens (including phenoxy) is 1. The van der Waals surface area contributed by atoms with E-state index in [0.717, 1.165) is 12.8 Å². The standard InChI is InChI=1S/C18H25F3N4O2S/c1-2-3-8-22-16(26)13-24-9-11-25(12-10-24)17(28)23-14-4-6-15(7-5-14)27-18(19,20)21/h4-7H,2-3,8-13H2,1H3,(H,22,26)(H,23,28). The van der Waals surface area contributed by atoms with E-state index >= 15 is 0 Å². The van der Waals surface area contributed by atoms with Gasteiger partial charge in [0.05, 0.1) is 6.54 Å². The van der Waals surface area contributed by atoms with Crippen LogP contribution in [0, 0.1) is 0 Å². The molecule has 156 valence electrons. The molecule has 0 aliphatic carbocycles. The minimum absolute atomic E-state index is 0.0313. The number of rotatable bonds is 7. The van der Waals surface area contributed by atoms with Crippen LogP contribution in [0.25, 0.3) is 0 Å². The van der Waals surface area contributed by atoms with E-state index in [-0.39, 0.29) is 11.7 Å². The fourth-order valence-corrected chi connectivity index (χ4v) is 3.02. The Hall–Kier alpha value is -2.07. The summed E-state index contributed by atoms with van der Waals surface area (Å²) in [5, 5.41) is 6.41. The second kappa shape index (κ2) is 10.5. The maximum Gasteiger partial charge on any atom is 0.573 e. The van der Waals surface area contributed by atoms with Crippen LogP contribution in [0.15, 0.2) is 24.3 Å². The van der Waals surface area contributed by atoms with Crippen molar-refractivity contribution in [2.45, 2.75) is 26.1 Å². The lowest BCUT2D eigenvalue weighted by Gasteiger charge is -2.35. The van der Waals surface area contributed by atoms with Crippen molar-refractivity contribution >= 4 is 28.9 Å². The SMILES string of the molecule is CCCCNC(=O)CN1CCN(C(=S)Nc2ccc(OC(F)(F)F)cc2)CC1. The number of amides is 1. The summed E-state index contributed by atoms with van der Waals surface area (Å²) in [7, 11) is 0. The van der Waals surface area contributed by atoms with E-state index in [4.69, 9.17) is 12.2 Å². The molecule has 1 aromatic rings. The van der Waals surface area contributed by atoms with Gasteiger partial charge in [0.25, 0.3) is 0 Å². The minimum atomic E-state index is -4.71. The van der Waals surface area contributed by atoms with Crippen molar-refractivity contribution in [1.82, 2.24) is 15.1 Å². The fourth-order valence-electron chi connectivity index (χ4n) is 2.72. The van der Waals surface area contributed by atoms with Gasteiger partial charge in [0, 0.05) is 38.4 Å². The summed E-state index contributed by atoms with van der Waals surface area (Å²) in [6.07, 6.45) is -2.69. The number of hydrogen-bond donors (Lipinski definition) is 2. The molecular weight excluding hydrogens is 393 g/mol. The molecule has 6 nitrogen and oxygen atoms in total. The minimum Gasteiger partial charge on any atom is -0.406 e. The van der Waals surface area contributed by atoms with Gasteiger partial charge in [0.1, 0.15) is 5.75 Å². The van der Waals surface area contributed by atoms with E-state index in [0.29, 0.717) is 50.1 Å². The molecule has 1 aromatic carbocycles. The van der Waals surface area contributed by atoms with Gasteiger partial charge in [-0.25, -0.2) is 0 Å². The van der Waals surface area contributed by atoms with Gasteiger partial charge in [-0.05, 0) is 42.9 Å². The first-order chi connectivity index (χ1) is 13.3. The molecule has 2 N–H and O–H groups in total. The van der Waals surface area contributed by atoms with Crippen LogP contribution >= 0.6 is 12.2 Å². The highest BCUT2D eigenvalue weighted by Crippen LogP contribution is 2.24. The van der Waals surface area contributed by atoms with Crippen LogP contribution in [0.3, 0.4) is 0 Å². The highest BCUT2D eigenvalue weighted by Gasteiger charge is 2.31. The van der Waals surface area contributed by atoms with Gasteiger partial charge in [-0.2, -0.15) is 0 Å². The summed E-state index contributed by atoms with van der Waals surface area (Å²) in [5.74, 6) is -0.251. The smallest absolute Gasteiger partial charge is 0.406 e. The third-order valence-corrected chi connectivity index (χ3v) is 4.58. The predicted molar refractivity (Wildman–Crippen MR) is 105 cm³/mol. The lowest BCUT2D eigenvalue weighted by atomic mass is 10.3. The zero-order chi connectivity index (χ0) is 20.6. The average Bonchev–Trinajstić information content (AvgIpc) is 2.63. The summed E-state index contributed by atoms with van der Waals surface area (Å²) in [6, 6.07) is 5.41. The molecule has 1 amide bonds. The molecule has 1 aliphatic heterocycles. The molecule has 1 aliphatic rings. The van der Waals surface area contributed by atoms with Crippen molar-refractivity contribution in [1.29, 1.82) is 0 Å². The van der Waals surface area contributed by atoms with Crippen LogP contribution in [0.2, 0.25) is 0 Å². The van der Waals surface area contributed by atoms with Gasteiger partial charge in [-0.1, -0.05) is 13.3 Å². The molecule has 0 saturated carbocycles. The van der Waals surface area contributed by atoms with Crippen molar-refractivity contribution in [2.75, 3.05) is 44.6 Å². The molecule has 0 atom stereocenters. The largest absolute Gasteiger partial charge is 0.573 e. The molecule has 10 heteroatoms. The quantitative estimate of drug-likeness (QED) is 0.525. The average molecular weight is 418 g/mol. The van der Waals surface area contributed by atoms with E-state index in [1.165, 1.54) is 24.3 Å². The van der Waals surface area contributed by atoms with Crippen LogP contribution in [-0.4, -0.2) is 66.5 Å². The van der Waals surface area contributed by atoms with E-state index in [9.17, 15) is 18.0 Å². The molecule has 28 heavy (non-hydrogen) atoms. The summed E-state index contributed by atoms with van der Waals surface area (Å²) in [6.45, 7) is 5.91. The third kappa shape index (κ3) is 7.89. The third-order valence-electron chi connectivity index (χ3n) is 4.22. The van der Waals surface area contributed by atoms with E-state index < -0.39 is 6.36 Å². The van der Waals surface area contributed by atoms with E-state index in [1.54, 1.807) is 0 Å². The Labute approximate surface area is 168 Å². The van der Waals surface area contributed by atoms with Crippen molar-refractivity contribution in [2.24, 2.45) is 0 Å². The molecule has 1 heterocycles. The summed E-state index contributed by atoms with van der Waals surface area (Å²) in [5.41, 5.74) is 0.581. The molecule has 1 saturated heterocycles. The maximum atomic E-state index is 12.2. The number of piperazine rings is 1. The Morgan fingerprint density at radius 3 is 2.39 bits per heavy atom. The van der Waals surface area contributed by atoms with Crippen LogP contribution in [-0.2, 0) is 4.79 Å². The first-order valence-electron chi connectivity index (χ1n) is 9.17. The lowest BCUT2D eigenvalue weighted by molar-refractivity contribution is -0.274.